The zero-order valence-corrected chi connectivity index (χ0v) is 26.4. The third-order valence-electron chi connectivity index (χ3n) is 13.1. The van der Waals surface area contributed by atoms with Gasteiger partial charge in [-0.1, -0.05) is 66.0 Å². The van der Waals surface area contributed by atoms with Gasteiger partial charge < -0.3 is 4.52 Å². The van der Waals surface area contributed by atoms with Gasteiger partial charge in [-0.25, -0.2) is 9.34 Å². The van der Waals surface area contributed by atoms with Crippen molar-refractivity contribution in [2.45, 2.75) is 118 Å². The largest absolute Gasteiger partial charge is 0.346 e. The Bertz CT molecular complexity index is 941. The topological polar surface area (TPSA) is 32.3 Å². The highest BCUT2D eigenvalue weighted by atomic mass is 31.2. The lowest BCUT2D eigenvalue weighted by molar-refractivity contribution is -0.0564. The van der Waals surface area contributed by atoms with Gasteiger partial charge in [0.2, 0.25) is 0 Å². The standard InChI is InChI=1S/C33H57N2O2P/c1-7-25(23(2)3)9-8-24(4)29-12-13-30-28-11-10-26-22-27(37-38(36,34-18-19-34)35-20-21-35)14-16-32(26,5)31(28)15-17-33(29,30)6/h10,23-25,27-31H,7-9,11-22H2,1-6H3/t24-,25-,27+,28-,29+,30-,31-,32+,33-/m1/s1. The molecular weight excluding hydrogens is 487 g/mol. The fourth-order valence-corrected chi connectivity index (χ4v) is 12.9. The normalized spacial score (nSPS) is 42.7. The lowest BCUT2D eigenvalue weighted by Gasteiger charge is -2.58. The molecule has 0 unspecified atom stereocenters. The first kappa shape index (κ1) is 28.0. The molecule has 0 aromatic carbocycles. The van der Waals surface area contributed by atoms with Gasteiger partial charge in [-0.15, -0.1) is 0 Å². The quantitative estimate of drug-likeness (QED) is 0.156. The second kappa shape index (κ2) is 10.3. The van der Waals surface area contributed by atoms with Gasteiger partial charge in [0.15, 0.2) is 0 Å². The van der Waals surface area contributed by atoms with Crippen LogP contribution in [0.4, 0.5) is 0 Å². The molecule has 0 N–H and O–H groups in total. The Morgan fingerprint density at radius 2 is 1.68 bits per heavy atom. The predicted octanol–water partition coefficient (Wildman–Crippen LogP) is 8.79. The molecular formula is C33H57N2O2P. The molecule has 0 radical (unpaired) electrons. The molecule has 4 aliphatic carbocycles. The van der Waals surface area contributed by atoms with Crippen LogP contribution in [-0.2, 0) is 9.09 Å². The zero-order valence-electron chi connectivity index (χ0n) is 25.5. The van der Waals surface area contributed by atoms with Crippen LogP contribution in [0, 0.1) is 52.3 Å². The van der Waals surface area contributed by atoms with Gasteiger partial charge in [0.25, 0.3) is 0 Å². The summed E-state index contributed by atoms with van der Waals surface area (Å²) in [5.41, 5.74) is 2.54. The highest BCUT2D eigenvalue weighted by Crippen LogP contribution is 2.68. The van der Waals surface area contributed by atoms with E-state index in [-0.39, 0.29) is 6.10 Å². The zero-order chi connectivity index (χ0) is 26.9. The van der Waals surface area contributed by atoms with Crippen LogP contribution in [-0.4, -0.2) is 41.6 Å². The molecule has 0 amide bonds. The summed E-state index contributed by atoms with van der Waals surface area (Å²) >= 11 is 0. The summed E-state index contributed by atoms with van der Waals surface area (Å²) in [5, 5.41) is 0. The van der Waals surface area contributed by atoms with Gasteiger partial charge in [0.1, 0.15) is 0 Å². The van der Waals surface area contributed by atoms with Crippen molar-refractivity contribution in [3.8, 4) is 0 Å². The summed E-state index contributed by atoms with van der Waals surface area (Å²) in [7, 11) is -2.73. The van der Waals surface area contributed by atoms with Crippen LogP contribution in [0.3, 0.4) is 0 Å². The molecule has 5 fully saturated rings. The van der Waals surface area contributed by atoms with E-state index < -0.39 is 7.67 Å². The van der Waals surface area contributed by atoms with Crippen LogP contribution in [0.5, 0.6) is 0 Å². The first-order chi connectivity index (χ1) is 18.1. The van der Waals surface area contributed by atoms with E-state index in [0.29, 0.717) is 10.8 Å². The van der Waals surface area contributed by atoms with Crippen molar-refractivity contribution >= 4 is 7.67 Å². The summed E-state index contributed by atoms with van der Waals surface area (Å²) in [5.74, 6) is 6.13. The Morgan fingerprint density at radius 1 is 0.974 bits per heavy atom. The number of rotatable bonds is 10. The molecule has 2 heterocycles. The molecule has 0 aromatic heterocycles. The summed E-state index contributed by atoms with van der Waals surface area (Å²) < 4.78 is 24.3. The number of nitrogens with zero attached hydrogens (tertiary/aromatic N) is 2. The van der Waals surface area contributed by atoms with E-state index in [1.165, 1.54) is 57.8 Å². The van der Waals surface area contributed by atoms with Gasteiger partial charge in [0.05, 0.1) is 6.10 Å². The number of fused-ring (bicyclic) bond motifs is 5. The van der Waals surface area contributed by atoms with E-state index in [4.69, 9.17) is 4.52 Å². The molecule has 38 heavy (non-hydrogen) atoms. The highest BCUT2D eigenvalue weighted by molar-refractivity contribution is 7.54. The minimum atomic E-state index is -2.73. The number of hydrogen-bond acceptors (Lipinski definition) is 2. The second-order valence-electron chi connectivity index (χ2n) is 15.3. The lowest BCUT2D eigenvalue weighted by Crippen LogP contribution is -2.51. The van der Waals surface area contributed by atoms with Crippen LogP contribution in [0.2, 0.25) is 0 Å². The van der Waals surface area contributed by atoms with Gasteiger partial charge in [0, 0.05) is 26.2 Å². The molecule has 4 nitrogen and oxygen atoms in total. The molecule has 0 bridgehead atoms. The van der Waals surface area contributed by atoms with Crippen LogP contribution in [0.15, 0.2) is 11.6 Å². The van der Waals surface area contributed by atoms with Crippen LogP contribution >= 0.6 is 7.67 Å². The molecule has 0 aromatic rings. The van der Waals surface area contributed by atoms with Crippen molar-refractivity contribution in [3.05, 3.63) is 11.6 Å². The van der Waals surface area contributed by atoms with Crippen LogP contribution in [0.25, 0.3) is 0 Å². The summed E-state index contributed by atoms with van der Waals surface area (Å²) in [6.07, 6.45) is 17.4. The maximum absolute atomic E-state index is 13.7. The average molecular weight is 545 g/mol. The maximum Gasteiger partial charge on any atom is 0.346 e. The van der Waals surface area contributed by atoms with Crippen molar-refractivity contribution in [2.24, 2.45) is 52.3 Å². The molecule has 6 aliphatic rings. The van der Waals surface area contributed by atoms with Crippen molar-refractivity contribution in [3.63, 3.8) is 0 Å². The van der Waals surface area contributed by atoms with Gasteiger partial charge in [-0.2, -0.15) is 0 Å². The Morgan fingerprint density at radius 3 is 2.32 bits per heavy atom. The number of hydrogen-bond donors (Lipinski definition) is 0. The summed E-state index contributed by atoms with van der Waals surface area (Å²) in [6, 6.07) is 0. The Balaban J connectivity index is 1.13. The van der Waals surface area contributed by atoms with Gasteiger partial charge >= 0.3 is 7.67 Å². The molecule has 2 aliphatic heterocycles. The van der Waals surface area contributed by atoms with E-state index in [2.05, 4.69) is 57.0 Å². The molecule has 3 saturated carbocycles. The van der Waals surface area contributed by atoms with Gasteiger partial charge in [-0.3, -0.25) is 4.57 Å². The Hall–Kier alpha value is -0.150. The maximum atomic E-state index is 13.7. The van der Waals surface area contributed by atoms with Gasteiger partial charge in [-0.05, 0) is 110 Å². The molecule has 2 saturated heterocycles. The van der Waals surface area contributed by atoms with E-state index in [1.807, 2.05) is 0 Å². The molecule has 0 spiro atoms. The van der Waals surface area contributed by atoms with E-state index >= 15 is 0 Å². The van der Waals surface area contributed by atoms with Crippen LogP contribution in [0.1, 0.15) is 112 Å². The third-order valence-corrected chi connectivity index (χ3v) is 15.9. The van der Waals surface area contributed by atoms with E-state index in [0.717, 1.165) is 80.4 Å². The summed E-state index contributed by atoms with van der Waals surface area (Å²) in [4.78, 5) is 0. The first-order valence-electron chi connectivity index (χ1n) is 16.6. The smallest absolute Gasteiger partial charge is 0.302 e. The fraction of sp³-hybridized carbons (Fsp3) is 0.939. The van der Waals surface area contributed by atoms with Crippen molar-refractivity contribution in [1.29, 1.82) is 0 Å². The monoisotopic (exact) mass is 544 g/mol. The SMILES string of the molecule is CC[C@H](CC[C@@H](C)[C@@H]1CC[C@@H]2[C@H]3CC=C4C[C@@H](OP(=O)(N5CC5)N5CC5)CC[C@]4(C)[C@@H]3CC[C@@]21C)C(C)C. The minimum absolute atomic E-state index is 0.140. The highest BCUT2D eigenvalue weighted by Gasteiger charge is 2.60. The van der Waals surface area contributed by atoms with E-state index in [1.54, 1.807) is 5.57 Å². The van der Waals surface area contributed by atoms with E-state index in [9.17, 15) is 4.57 Å². The molecule has 216 valence electrons. The average Bonchev–Trinajstić information content (AvgIpc) is 3.79. The number of allylic oxidation sites excluding steroid dienone is 1. The van der Waals surface area contributed by atoms with Crippen molar-refractivity contribution < 1.29 is 9.09 Å². The fourth-order valence-electron chi connectivity index (χ4n) is 10.5. The second-order valence-corrected chi connectivity index (χ2v) is 17.6. The Labute approximate surface area is 234 Å². The first-order valence-corrected chi connectivity index (χ1v) is 18.1. The molecule has 5 heteroatoms. The van der Waals surface area contributed by atoms with Crippen molar-refractivity contribution in [1.82, 2.24) is 9.34 Å². The minimum Gasteiger partial charge on any atom is -0.302 e. The third kappa shape index (κ3) is 4.74. The predicted molar refractivity (Wildman–Crippen MR) is 158 cm³/mol. The lowest BCUT2D eigenvalue weighted by atomic mass is 9.47. The summed E-state index contributed by atoms with van der Waals surface area (Å²) in [6.45, 7) is 18.9. The molecule has 6 rings (SSSR count). The van der Waals surface area contributed by atoms with Crippen molar-refractivity contribution in [2.75, 3.05) is 26.2 Å². The Kier molecular flexibility index (Phi) is 7.58. The molecule has 9 atom stereocenters. The van der Waals surface area contributed by atoms with Crippen LogP contribution < -0.4 is 0 Å².